The molecule has 0 radical (unpaired) electrons. The van der Waals surface area contributed by atoms with Crippen molar-refractivity contribution < 1.29 is 24.2 Å². The number of carbonyl (C=O) groups excluding carboxylic acids is 3. The van der Waals surface area contributed by atoms with Gasteiger partial charge in [-0.1, -0.05) is 73.7 Å². The summed E-state index contributed by atoms with van der Waals surface area (Å²) in [5, 5.41) is 13.3. The number of methoxy groups -OCH3 is 1. The number of carbonyl (C=O) groups is 3. The van der Waals surface area contributed by atoms with Crippen LogP contribution < -0.4 is 4.90 Å². The Balaban J connectivity index is 1.71. The molecule has 5 rings (SSSR count). The lowest BCUT2D eigenvalue weighted by Gasteiger charge is -2.26. The third-order valence-electron chi connectivity index (χ3n) is 6.76. The molecule has 1 aliphatic heterocycles. The number of fused-ring (bicyclic) bond motifs is 1. The van der Waals surface area contributed by atoms with E-state index in [2.05, 4.69) is 0 Å². The van der Waals surface area contributed by atoms with E-state index in [1.165, 1.54) is 12.0 Å². The monoisotopic (exact) mass is 491 g/mol. The first-order valence-corrected chi connectivity index (χ1v) is 12.0. The van der Waals surface area contributed by atoms with Crippen LogP contribution in [0.3, 0.4) is 0 Å². The number of anilines is 1. The molecule has 4 aromatic carbocycles. The molecule has 1 aliphatic rings. The number of hydrogen-bond acceptors (Lipinski definition) is 5. The molecule has 1 amide bonds. The first-order chi connectivity index (χ1) is 17.9. The zero-order valence-electron chi connectivity index (χ0n) is 20.5. The number of nitrogens with zero attached hydrogens (tertiary/aromatic N) is 1. The number of rotatable bonds is 5. The molecule has 184 valence electrons. The van der Waals surface area contributed by atoms with E-state index in [4.69, 9.17) is 4.74 Å². The fourth-order valence-corrected chi connectivity index (χ4v) is 4.80. The van der Waals surface area contributed by atoms with Crippen molar-refractivity contribution in [1.82, 2.24) is 0 Å². The summed E-state index contributed by atoms with van der Waals surface area (Å²) in [6.07, 6.45) is 0.839. The normalized spacial score (nSPS) is 16.8. The van der Waals surface area contributed by atoms with Gasteiger partial charge in [-0.05, 0) is 52.6 Å². The highest BCUT2D eigenvalue weighted by Gasteiger charge is 2.47. The lowest BCUT2D eigenvalue weighted by molar-refractivity contribution is -0.132. The Kier molecular flexibility index (Phi) is 6.32. The van der Waals surface area contributed by atoms with Crippen molar-refractivity contribution in [3.63, 3.8) is 0 Å². The minimum Gasteiger partial charge on any atom is -0.507 e. The minimum atomic E-state index is -0.853. The predicted molar refractivity (Wildman–Crippen MR) is 142 cm³/mol. The number of benzene rings is 4. The summed E-state index contributed by atoms with van der Waals surface area (Å²) in [5.41, 5.74) is 3.04. The molecule has 1 saturated heterocycles. The molecule has 1 atom stereocenters. The molecular formula is C31H25NO5. The van der Waals surface area contributed by atoms with Crippen LogP contribution in [0, 0.1) is 0 Å². The third-order valence-corrected chi connectivity index (χ3v) is 6.76. The average Bonchev–Trinajstić information content (AvgIpc) is 3.22. The van der Waals surface area contributed by atoms with Crippen molar-refractivity contribution in [3.8, 4) is 0 Å². The largest absolute Gasteiger partial charge is 0.507 e. The Labute approximate surface area is 214 Å². The number of aliphatic hydroxyl groups excluding tert-OH is 1. The first kappa shape index (κ1) is 24.0. The fraction of sp³-hybridized carbons (Fsp3) is 0.129. The second-order valence-corrected chi connectivity index (χ2v) is 8.83. The van der Waals surface area contributed by atoms with Crippen LogP contribution in [0.1, 0.15) is 40.0 Å². The number of ketones is 1. The highest BCUT2D eigenvalue weighted by molar-refractivity contribution is 6.51. The van der Waals surface area contributed by atoms with E-state index in [1.807, 2.05) is 67.6 Å². The molecule has 1 N–H and O–H groups in total. The van der Waals surface area contributed by atoms with Crippen LogP contribution in [-0.2, 0) is 20.7 Å². The highest BCUT2D eigenvalue weighted by atomic mass is 16.5. The summed E-state index contributed by atoms with van der Waals surface area (Å²) >= 11 is 0. The van der Waals surface area contributed by atoms with Crippen LogP contribution >= 0.6 is 0 Å². The minimum absolute atomic E-state index is 0.0163. The van der Waals surface area contributed by atoms with Crippen LogP contribution in [-0.4, -0.2) is 29.9 Å². The van der Waals surface area contributed by atoms with Gasteiger partial charge in [0.1, 0.15) is 5.76 Å². The van der Waals surface area contributed by atoms with Gasteiger partial charge >= 0.3 is 5.97 Å². The molecule has 6 nitrogen and oxygen atoms in total. The maximum absolute atomic E-state index is 13.5. The maximum atomic E-state index is 13.5. The van der Waals surface area contributed by atoms with Crippen molar-refractivity contribution in [2.75, 3.05) is 12.0 Å². The van der Waals surface area contributed by atoms with E-state index in [0.717, 1.165) is 22.8 Å². The van der Waals surface area contributed by atoms with Gasteiger partial charge < -0.3 is 9.84 Å². The van der Waals surface area contributed by atoms with E-state index in [-0.39, 0.29) is 11.3 Å². The zero-order chi connectivity index (χ0) is 26.1. The van der Waals surface area contributed by atoms with Crippen molar-refractivity contribution in [3.05, 3.63) is 119 Å². The lowest BCUT2D eigenvalue weighted by atomic mass is 9.92. The molecular weight excluding hydrogens is 466 g/mol. The molecule has 1 heterocycles. The molecule has 6 heteroatoms. The fourth-order valence-electron chi connectivity index (χ4n) is 4.80. The van der Waals surface area contributed by atoms with Crippen molar-refractivity contribution in [2.45, 2.75) is 19.4 Å². The van der Waals surface area contributed by atoms with Crippen LogP contribution in [0.5, 0.6) is 0 Å². The molecule has 1 unspecified atom stereocenters. The van der Waals surface area contributed by atoms with Crippen molar-refractivity contribution >= 4 is 39.9 Å². The van der Waals surface area contributed by atoms with Gasteiger partial charge in [-0.2, -0.15) is 0 Å². The predicted octanol–water partition coefficient (Wildman–Crippen LogP) is 5.82. The molecule has 0 saturated carbocycles. The number of ether oxygens (including phenoxy) is 1. The molecule has 0 aliphatic carbocycles. The van der Waals surface area contributed by atoms with E-state index in [0.29, 0.717) is 22.4 Å². The Morgan fingerprint density at radius 1 is 0.892 bits per heavy atom. The van der Waals surface area contributed by atoms with Crippen LogP contribution in [0.2, 0.25) is 0 Å². The third kappa shape index (κ3) is 4.16. The topological polar surface area (TPSA) is 83.9 Å². The van der Waals surface area contributed by atoms with Gasteiger partial charge in [0.05, 0.1) is 24.3 Å². The maximum Gasteiger partial charge on any atom is 0.337 e. The summed E-state index contributed by atoms with van der Waals surface area (Å²) < 4.78 is 4.77. The van der Waals surface area contributed by atoms with Crippen LogP contribution in [0.4, 0.5) is 5.69 Å². The number of hydrogen-bond donors (Lipinski definition) is 1. The Morgan fingerprint density at radius 2 is 1.57 bits per heavy atom. The van der Waals surface area contributed by atoms with E-state index >= 15 is 0 Å². The molecule has 37 heavy (non-hydrogen) atoms. The van der Waals surface area contributed by atoms with Gasteiger partial charge in [-0.3, -0.25) is 14.5 Å². The smallest absolute Gasteiger partial charge is 0.337 e. The Hall–Kier alpha value is -4.71. The molecule has 0 bridgehead atoms. The van der Waals surface area contributed by atoms with E-state index < -0.39 is 23.7 Å². The van der Waals surface area contributed by atoms with Crippen molar-refractivity contribution in [2.24, 2.45) is 0 Å². The second kappa shape index (κ2) is 9.74. The SMILES string of the molecule is CCc1ccc(C2/C(=C(/O)c3cccc4ccccc34)C(=O)C(=O)N2c2ccc(C(=O)OC)cc2)cc1. The first-order valence-electron chi connectivity index (χ1n) is 12.0. The number of aliphatic hydroxyl groups is 1. The lowest BCUT2D eigenvalue weighted by Crippen LogP contribution is -2.29. The average molecular weight is 492 g/mol. The molecule has 4 aromatic rings. The van der Waals surface area contributed by atoms with Gasteiger partial charge in [-0.25, -0.2) is 4.79 Å². The number of amides is 1. The quantitative estimate of drug-likeness (QED) is 0.165. The van der Waals surface area contributed by atoms with Crippen molar-refractivity contribution in [1.29, 1.82) is 0 Å². The van der Waals surface area contributed by atoms with Gasteiger partial charge in [0.2, 0.25) is 0 Å². The van der Waals surface area contributed by atoms with Gasteiger partial charge in [0, 0.05) is 11.3 Å². The van der Waals surface area contributed by atoms with Crippen LogP contribution in [0.25, 0.3) is 16.5 Å². The second-order valence-electron chi connectivity index (χ2n) is 8.83. The zero-order valence-corrected chi connectivity index (χ0v) is 20.5. The molecule has 1 fully saturated rings. The standard InChI is InChI=1S/C31H25NO5/c1-3-19-11-13-21(14-12-19)27-26(28(33)25-10-6-8-20-7-4-5-9-24(20)25)29(34)30(35)32(27)23-17-15-22(16-18-23)31(36)37-2/h4-18,27,33H,3H2,1-2H3/b28-26-. The number of esters is 1. The van der Waals surface area contributed by atoms with E-state index in [1.54, 1.807) is 30.3 Å². The molecule has 0 aromatic heterocycles. The summed E-state index contributed by atoms with van der Waals surface area (Å²) in [5.74, 6) is -2.26. The van der Waals surface area contributed by atoms with Gasteiger partial charge in [0.25, 0.3) is 11.7 Å². The summed E-state index contributed by atoms with van der Waals surface area (Å²) in [6, 6.07) is 26.1. The summed E-state index contributed by atoms with van der Waals surface area (Å²) in [4.78, 5) is 40.2. The Bertz CT molecular complexity index is 1550. The highest BCUT2D eigenvalue weighted by Crippen LogP contribution is 2.43. The van der Waals surface area contributed by atoms with Crippen LogP contribution in [0.15, 0.2) is 96.6 Å². The summed E-state index contributed by atoms with van der Waals surface area (Å²) in [7, 11) is 1.29. The number of Topliss-reactive ketones (excluding diaryl/α,β-unsaturated/α-hetero) is 1. The van der Waals surface area contributed by atoms with Gasteiger partial charge in [-0.15, -0.1) is 0 Å². The Morgan fingerprint density at radius 3 is 2.24 bits per heavy atom. The van der Waals surface area contributed by atoms with E-state index in [9.17, 15) is 19.5 Å². The summed E-state index contributed by atoms with van der Waals surface area (Å²) in [6.45, 7) is 2.05. The van der Waals surface area contributed by atoms with Gasteiger partial charge in [0.15, 0.2) is 0 Å². The molecule has 0 spiro atoms. The number of aryl methyl sites for hydroxylation is 1.